The van der Waals surface area contributed by atoms with Crippen LogP contribution in [0.25, 0.3) is 10.9 Å². The number of hydrogen-bond donors (Lipinski definition) is 1. The molecule has 2 heterocycles. The molecule has 0 fully saturated rings. The minimum absolute atomic E-state index is 0.0328. The standard InChI is InChI=1S/C12H12N2O2/c1-8(4-12(15)16)9-5-10-6-13-3-2-11(10)14-7-9/h2-3,5-8H,4H2,1H3,(H,15,16). The van der Waals surface area contributed by atoms with Gasteiger partial charge in [0.25, 0.3) is 0 Å². The Morgan fingerprint density at radius 3 is 3.06 bits per heavy atom. The van der Waals surface area contributed by atoms with Gasteiger partial charge in [0.05, 0.1) is 11.9 Å². The molecule has 4 heteroatoms. The highest BCUT2D eigenvalue weighted by Gasteiger charge is 2.10. The zero-order valence-electron chi connectivity index (χ0n) is 8.92. The van der Waals surface area contributed by atoms with Gasteiger partial charge in [-0.25, -0.2) is 0 Å². The van der Waals surface area contributed by atoms with Crippen LogP contribution in [0.2, 0.25) is 0 Å². The van der Waals surface area contributed by atoms with E-state index in [0.717, 1.165) is 16.5 Å². The van der Waals surface area contributed by atoms with Crippen LogP contribution in [0.1, 0.15) is 24.8 Å². The van der Waals surface area contributed by atoms with Crippen molar-refractivity contribution in [2.24, 2.45) is 0 Å². The van der Waals surface area contributed by atoms with Crippen molar-refractivity contribution in [2.75, 3.05) is 0 Å². The summed E-state index contributed by atoms with van der Waals surface area (Å²) in [5, 5.41) is 9.67. The first-order valence-corrected chi connectivity index (χ1v) is 5.08. The molecule has 0 bridgehead atoms. The van der Waals surface area contributed by atoms with Crippen molar-refractivity contribution in [1.82, 2.24) is 9.97 Å². The van der Waals surface area contributed by atoms with E-state index >= 15 is 0 Å². The third-order valence-corrected chi connectivity index (χ3v) is 2.55. The van der Waals surface area contributed by atoms with Gasteiger partial charge in [0, 0.05) is 24.0 Å². The molecule has 2 aromatic heterocycles. The summed E-state index contributed by atoms with van der Waals surface area (Å²) in [5.41, 5.74) is 1.81. The second-order valence-corrected chi connectivity index (χ2v) is 3.84. The Bertz CT molecular complexity index is 525. The van der Waals surface area contributed by atoms with Crippen LogP contribution in [0.5, 0.6) is 0 Å². The lowest BCUT2D eigenvalue weighted by atomic mass is 9.99. The third-order valence-electron chi connectivity index (χ3n) is 2.55. The molecule has 0 radical (unpaired) electrons. The minimum atomic E-state index is -0.793. The first kappa shape index (κ1) is 10.5. The van der Waals surface area contributed by atoms with Gasteiger partial charge >= 0.3 is 5.97 Å². The summed E-state index contributed by atoms with van der Waals surface area (Å²) >= 11 is 0. The van der Waals surface area contributed by atoms with Gasteiger partial charge in [0.1, 0.15) is 0 Å². The van der Waals surface area contributed by atoms with Gasteiger partial charge in [0.2, 0.25) is 0 Å². The number of carboxylic acids is 1. The summed E-state index contributed by atoms with van der Waals surface area (Å²) in [7, 11) is 0. The number of hydrogen-bond acceptors (Lipinski definition) is 3. The molecular weight excluding hydrogens is 204 g/mol. The molecule has 0 saturated heterocycles. The Hall–Kier alpha value is -1.97. The molecule has 1 unspecified atom stereocenters. The molecular formula is C12H12N2O2. The number of aliphatic carboxylic acids is 1. The highest BCUT2D eigenvalue weighted by Crippen LogP contribution is 2.21. The zero-order valence-corrected chi connectivity index (χ0v) is 8.92. The lowest BCUT2D eigenvalue weighted by Gasteiger charge is -2.09. The highest BCUT2D eigenvalue weighted by molar-refractivity contribution is 5.78. The van der Waals surface area contributed by atoms with E-state index in [2.05, 4.69) is 9.97 Å². The second-order valence-electron chi connectivity index (χ2n) is 3.84. The van der Waals surface area contributed by atoms with E-state index in [1.54, 1.807) is 18.6 Å². The maximum Gasteiger partial charge on any atom is 0.303 e. The molecule has 4 nitrogen and oxygen atoms in total. The van der Waals surface area contributed by atoms with Crippen molar-refractivity contribution < 1.29 is 9.90 Å². The van der Waals surface area contributed by atoms with Crippen molar-refractivity contribution in [2.45, 2.75) is 19.3 Å². The van der Waals surface area contributed by atoms with Crippen molar-refractivity contribution in [3.05, 3.63) is 36.3 Å². The van der Waals surface area contributed by atoms with Crippen molar-refractivity contribution in [1.29, 1.82) is 0 Å². The van der Waals surface area contributed by atoms with Crippen molar-refractivity contribution in [3.8, 4) is 0 Å². The zero-order chi connectivity index (χ0) is 11.5. The number of rotatable bonds is 3. The first-order chi connectivity index (χ1) is 7.66. The van der Waals surface area contributed by atoms with Crippen LogP contribution in [0.3, 0.4) is 0 Å². The Morgan fingerprint density at radius 2 is 2.31 bits per heavy atom. The average molecular weight is 216 g/mol. The fourth-order valence-electron chi connectivity index (χ4n) is 1.64. The maximum absolute atomic E-state index is 10.6. The van der Waals surface area contributed by atoms with Crippen molar-refractivity contribution in [3.63, 3.8) is 0 Å². The molecule has 0 saturated carbocycles. The second kappa shape index (κ2) is 4.26. The van der Waals surface area contributed by atoms with Gasteiger partial charge in [0.15, 0.2) is 0 Å². The van der Waals surface area contributed by atoms with Gasteiger partial charge < -0.3 is 5.11 Å². The quantitative estimate of drug-likeness (QED) is 0.854. The largest absolute Gasteiger partial charge is 0.481 e. The molecule has 82 valence electrons. The summed E-state index contributed by atoms with van der Waals surface area (Å²) in [6.45, 7) is 1.88. The van der Waals surface area contributed by atoms with Gasteiger partial charge in [-0.15, -0.1) is 0 Å². The van der Waals surface area contributed by atoms with Gasteiger partial charge in [-0.2, -0.15) is 0 Å². The van der Waals surface area contributed by atoms with E-state index in [-0.39, 0.29) is 12.3 Å². The van der Waals surface area contributed by atoms with E-state index in [9.17, 15) is 4.79 Å². The SMILES string of the molecule is CC(CC(=O)O)c1cnc2ccncc2c1. The van der Waals surface area contributed by atoms with Gasteiger partial charge in [-0.3, -0.25) is 14.8 Å². The molecule has 0 amide bonds. The number of pyridine rings is 2. The fraction of sp³-hybridized carbons (Fsp3) is 0.250. The van der Waals surface area contributed by atoms with E-state index in [1.807, 2.05) is 19.1 Å². The number of aromatic nitrogens is 2. The molecule has 0 aliphatic carbocycles. The molecule has 2 rings (SSSR count). The van der Waals surface area contributed by atoms with Crippen LogP contribution in [-0.4, -0.2) is 21.0 Å². The van der Waals surface area contributed by atoms with E-state index in [4.69, 9.17) is 5.11 Å². The molecule has 1 atom stereocenters. The number of fused-ring (bicyclic) bond motifs is 1. The van der Waals surface area contributed by atoms with Crippen LogP contribution in [0, 0.1) is 0 Å². The molecule has 2 aromatic rings. The highest BCUT2D eigenvalue weighted by atomic mass is 16.4. The van der Waals surface area contributed by atoms with E-state index < -0.39 is 5.97 Å². The van der Waals surface area contributed by atoms with Crippen LogP contribution in [0.4, 0.5) is 0 Å². The molecule has 0 aliphatic rings. The molecule has 0 aromatic carbocycles. The Kier molecular flexibility index (Phi) is 2.81. The van der Waals surface area contributed by atoms with E-state index in [1.165, 1.54) is 0 Å². The van der Waals surface area contributed by atoms with Crippen molar-refractivity contribution >= 4 is 16.9 Å². The Morgan fingerprint density at radius 1 is 1.50 bits per heavy atom. The van der Waals surface area contributed by atoms with Crippen LogP contribution in [-0.2, 0) is 4.79 Å². The smallest absolute Gasteiger partial charge is 0.303 e. The van der Waals surface area contributed by atoms with Gasteiger partial charge in [-0.1, -0.05) is 6.92 Å². The van der Waals surface area contributed by atoms with Crippen LogP contribution >= 0.6 is 0 Å². The lowest BCUT2D eigenvalue weighted by molar-refractivity contribution is -0.137. The molecule has 1 N–H and O–H groups in total. The molecule has 0 aliphatic heterocycles. The monoisotopic (exact) mass is 216 g/mol. The molecule has 16 heavy (non-hydrogen) atoms. The van der Waals surface area contributed by atoms with Gasteiger partial charge in [-0.05, 0) is 23.6 Å². The Balaban J connectivity index is 2.35. The normalized spacial score (nSPS) is 12.6. The summed E-state index contributed by atoms with van der Waals surface area (Å²) < 4.78 is 0. The topological polar surface area (TPSA) is 63.1 Å². The number of carboxylic acid groups (broad SMARTS) is 1. The number of nitrogens with zero attached hydrogens (tertiary/aromatic N) is 2. The van der Waals surface area contributed by atoms with Crippen LogP contribution < -0.4 is 0 Å². The summed E-state index contributed by atoms with van der Waals surface area (Å²) in [5.74, 6) is -0.826. The summed E-state index contributed by atoms with van der Waals surface area (Å²) in [6.07, 6.45) is 5.28. The van der Waals surface area contributed by atoms with Crippen LogP contribution in [0.15, 0.2) is 30.7 Å². The minimum Gasteiger partial charge on any atom is -0.481 e. The summed E-state index contributed by atoms with van der Waals surface area (Å²) in [4.78, 5) is 18.9. The maximum atomic E-state index is 10.6. The summed E-state index contributed by atoms with van der Waals surface area (Å²) in [6, 6.07) is 3.78. The third kappa shape index (κ3) is 2.16. The first-order valence-electron chi connectivity index (χ1n) is 5.08. The predicted octanol–water partition coefficient (Wildman–Crippen LogP) is 2.21. The number of carbonyl (C=O) groups is 1. The predicted molar refractivity (Wildman–Crippen MR) is 60.2 cm³/mol. The molecule has 0 spiro atoms. The van der Waals surface area contributed by atoms with E-state index in [0.29, 0.717) is 0 Å². The Labute approximate surface area is 93.0 Å². The lowest BCUT2D eigenvalue weighted by Crippen LogP contribution is -2.03. The average Bonchev–Trinajstić information content (AvgIpc) is 2.27. The fourth-order valence-corrected chi connectivity index (χ4v) is 1.64.